The van der Waals surface area contributed by atoms with Crippen LogP contribution in [0.2, 0.25) is 0 Å². The summed E-state index contributed by atoms with van der Waals surface area (Å²) in [4.78, 5) is 25.7. The minimum atomic E-state index is -0.282. The van der Waals surface area contributed by atoms with E-state index >= 15 is 0 Å². The average Bonchev–Trinajstić information content (AvgIpc) is 3.06. The van der Waals surface area contributed by atoms with Crippen LogP contribution < -0.4 is 19.7 Å². The molecular formula is C19H20N2O4. The van der Waals surface area contributed by atoms with Crippen molar-refractivity contribution in [2.75, 3.05) is 30.5 Å². The van der Waals surface area contributed by atoms with Gasteiger partial charge in [-0.2, -0.15) is 0 Å². The molecule has 25 heavy (non-hydrogen) atoms. The van der Waals surface area contributed by atoms with Gasteiger partial charge in [0.15, 0.2) is 18.1 Å². The minimum absolute atomic E-state index is 0.114. The molecule has 1 N–H and O–H groups in total. The van der Waals surface area contributed by atoms with E-state index in [-0.39, 0.29) is 18.4 Å². The number of benzene rings is 2. The van der Waals surface area contributed by atoms with Gasteiger partial charge in [-0.1, -0.05) is 18.2 Å². The molecule has 1 aliphatic rings. The van der Waals surface area contributed by atoms with Crippen LogP contribution in [0.4, 0.5) is 11.4 Å². The molecule has 2 aromatic rings. The number of carbonyl (C=O) groups excluding carboxylic acids is 2. The van der Waals surface area contributed by atoms with E-state index in [0.717, 1.165) is 12.1 Å². The van der Waals surface area contributed by atoms with E-state index in [4.69, 9.17) is 9.47 Å². The Morgan fingerprint density at radius 2 is 1.96 bits per heavy atom. The van der Waals surface area contributed by atoms with Gasteiger partial charge in [0.2, 0.25) is 5.91 Å². The van der Waals surface area contributed by atoms with Crippen LogP contribution in [0.15, 0.2) is 48.5 Å². The van der Waals surface area contributed by atoms with Gasteiger partial charge in [0.05, 0.1) is 7.11 Å². The first-order valence-electron chi connectivity index (χ1n) is 8.13. The van der Waals surface area contributed by atoms with Crippen molar-refractivity contribution >= 4 is 23.2 Å². The van der Waals surface area contributed by atoms with Crippen molar-refractivity contribution in [3.05, 3.63) is 48.5 Å². The zero-order valence-electron chi connectivity index (χ0n) is 14.0. The molecule has 0 spiro atoms. The fraction of sp³-hybridized carbons (Fsp3) is 0.263. The monoisotopic (exact) mass is 340 g/mol. The third-order valence-corrected chi connectivity index (χ3v) is 3.94. The van der Waals surface area contributed by atoms with Crippen molar-refractivity contribution < 1.29 is 19.1 Å². The summed E-state index contributed by atoms with van der Waals surface area (Å²) in [5.41, 5.74) is 1.43. The number of carbonyl (C=O) groups is 2. The van der Waals surface area contributed by atoms with Gasteiger partial charge >= 0.3 is 0 Å². The first-order valence-corrected chi connectivity index (χ1v) is 8.13. The third-order valence-electron chi connectivity index (χ3n) is 3.94. The van der Waals surface area contributed by atoms with Crippen molar-refractivity contribution in [3.63, 3.8) is 0 Å². The molecular weight excluding hydrogens is 320 g/mol. The maximum absolute atomic E-state index is 12.1. The Morgan fingerprint density at radius 3 is 2.68 bits per heavy atom. The standard InChI is InChI=1S/C19H20N2O4/c1-24-16-8-2-3-9-17(16)25-13-18(22)20-14-6-4-7-15(12-14)21-11-5-10-19(21)23/h2-4,6-9,12H,5,10-11,13H2,1H3,(H,20,22). The predicted molar refractivity (Wildman–Crippen MR) is 95.1 cm³/mol. The summed E-state index contributed by atoms with van der Waals surface area (Å²) in [6, 6.07) is 14.4. The van der Waals surface area contributed by atoms with Crippen LogP contribution in [0.5, 0.6) is 11.5 Å². The number of rotatable bonds is 6. The second-order valence-corrected chi connectivity index (χ2v) is 5.69. The number of methoxy groups -OCH3 is 1. The number of nitrogens with zero attached hydrogens (tertiary/aromatic N) is 1. The quantitative estimate of drug-likeness (QED) is 0.878. The summed E-state index contributed by atoms with van der Waals surface area (Å²) in [5, 5.41) is 2.79. The normalized spacial score (nSPS) is 13.6. The van der Waals surface area contributed by atoms with E-state index in [1.165, 1.54) is 0 Å². The smallest absolute Gasteiger partial charge is 0.262 e. The summed E-state index contributed by atoms with van der Waals surface area (Å²) in [7, 11) is 1.55. The highest BCUT2D eigenvalue weighted by atomic mass is 16.5. The molecule has 2 aromatic carbocycles. The van der Waals surface area contributed by atoms with Crippen LogP contribution >= 0.6 is 0 Å². The van der Waals surface area contributed by atoms with Crippen LogP contribution in [0.1, 0.15) is 12.8 Å². The second kappa shape index (κ2) is 7.70. The Bertz CT molecular complexity index is 776. The van der Waals surface area contributed by atoms with Gasteiger partial charge < -0.3 is 19.7 Å². The van der Waals surface area contributed by atoms with Gasteiger partial charge in [-0.25, -0.2) is 0 Å². The van der Waals surface area contributed by atoms with Crippen molar-refractivity contribution in [2.45, 2.75) is 12.8 Å². The summed E-state index contributed by atoms with van der Waals surface area (Å²) in [6.07, 6.45) is 1.44. The first-order chi connectivity index (χ1) is 12.2. The maximum atomic E-state index is 12.1. The molecule has 1 heterocycles. The van der Waals surface area contributed by atoms with Crippen molar-refractivity contribution in [1.82, 2.24) is 0 Å². The largest absolute Gasteiger partial charge is 0.493 e. The number of nitrogens with one attached hydrogen (secondary N) is 1. The molecule has 3 rings (SSSR count). The Balaban J connectivity index is 1.60. The van der Waals surface area contributed by atoms with Gasteiger partial charge in [0, 0.05) is 24.3 Å². The molecule has 0 bridgehead atoms. The van der Waals surface area contributed by atoms with Gasteiger partial charge in [0.1, 0.15) is 0 Å². The van der Waals surface area contributed by atoms with Crippen LogP contribution in [0.25, 0.3) is 0 Å². The molecule has 0 aromatic heterocycles. The fourth-order valence-corrected chi connectivity index (χ4v) is 2.75. The lowest BCUT2D eigenvalue weighted by atomic mass is 10.2. The third kappa shape index (κ3) is 4.09. The fourth-order valence-electron chi connectivity index (χ4n) is 2.75. The molecule has 6 heteroatoms. The van der Waals surface area contributed by atoms with E-state index < -0.39 is 0 Å². The van der Waals surface area contributed by atoms with Crippen molar-refractivity contribution in [3.8, 4) is 11.5 Å². The first kappa shape index (κ1) is 16.8. The lowest BCUT2D eigenvalue weighted by Crippen LogP contribution is -2.24. The van der Waals surface area contributed by atoms with E-state index in [2.05, 4.69) is 5.32 Å². The molecule has 0 unspecified atom stereocenters. The molecule has 0 saturated carbocycles. The van der Waals surface area contributed by atoms with Crippen LogP contribution in [0, 0.1) is 0 Å². The number of ether oxygens (including phenoxy) is 2. The summed E-state index contributed by atoms with van der Waals surface area (Å²) in [5.74, 6) is 0.917. The molecule has 1 saturated heterocycles. The number of hydrogen-bond donors (Lipinski definition) is 1. The molecule has 130 valence electrons. The average molecular weight is 340 g/mol. The minimum Gasteiger partial charge on any atom is -0.493 e. The topological polar surface area (TPSA) is 67.9 Å². The zero-order chi connectivity index (χ0) is 17.6. The van der Waals surface area contributed by atoms with Crippen LogP contribution in [0.3, 0.4) is 0 Å². The number of hydrogen-bond acceptors (Lipinski definition) is 4. The molecule has 0 aliphatic carbocycles. The molecule has 6 nitrogen and oxygen atoms in total. The zero-order valence-corrected chi connectivity index (χ0v) is 14.0. The van der Waals surface area contributed by atoms with E-state index in [1.54, 1.807) is 36.3 Å². The van der Waals surface area contributed by atoms with Crippen LogP contribution in [-0.2, 0) is 9.59 Å². The lowest BCUT2D eigenvalue weighted by Gasteiger charge is -2.17. The lowest BCUT2D eigenvalue weighted by molar-refractivity contribution is -0.118. The predicted octanol–water partition coefficient (Wildman–Crippen LogP) is 2.84. The molecule has 0 atom stereocenters. The summed E-state index contributed by atoms with van der Waals surface area (Å²) in [6.45, 7) is 0.584. The molecule has 1 fully saturated rings. The van der Waals surface area contributed by atoms with Gasteiger partial charge in [-0.3, -0.25) is 9.59 Å². The number of anilines is 2. The highest BCUT2D eigenvalue weighted by molar-refractivity contribution is 5.97. The number of para-hydroxylation sites is 2. The second-order valence-electron chi connectivity index (χ2n) is 5.69. The molecule has 0 radical (unpaired) electrons. The molecule has 1 aliphatic heterocycles. The maximum Gasteiger partial charge on any atom is 0.262 e. The Kier molecular flexibility index (Phi) is 5.18. The highest BCUT2D eigenvalue weighted by Gasteiger charge is 2.21. The Hall–Kier alpha value is -3.02. The Morgan fingerprint density at radius 1 is 1.16 bits per heavy atom. The van der Waals surface area contributed by atoms with E-state index in [1.807, 2.05) is 24.3 Å². The van der Waals surface area contributed by atoms with Gasteiger partial charge in [-0.05, 0) is 36.8 Å². The van der Waals surface area contributed by atoms with Gasteiger partial charge in [-0.15, -0.1) is 0 Å². The SMILES string of the molecule is COc1ccccc1OCC(=O)Nc1cccc(N2CCCC2=O)c1. The number of amides is 2. The molecule has 2 amide bonds. The van der Waals surface area contributed by atoms with E-state index in [9.17, 15) is 9.59 Å². The van der Waals surface area contributed by atoms with E-state index in [0.29, 0.717) is 30.2 Å². The highest BCUT2D eigenvalue weighted by Crippen LogP contribution is 2.26. The Labute approximate surface area is 146 Å². The summed E-state index contributed by atoms with van der Waals surface area (Å²) < 4.78 is 10.7. The van der Waals surface area contributed by atoms with Gasteiger partial charge in [0.25, 0.3) is 5.91 Å². The van der Waals surface area contributed by atoms with Crippen molar-refractivity contribution in [2.24, 2.45) is 0 Å². The van der Waals surface area contributed by atoms with Crippen LogP contribution in [-0.4, -0.2) is 32.1 Å². The summed E-state index contributed by atoms with van der Waals surface area (Å²) >= 11 is 0. The van der Waals surface area contributed by atoms with Crippen molar-refractivity contribution in [1.29, 1.82) is 0 Å².